The van der Waals surface area contributed by atoms with Crippen LogP contribution >= 0.6 is 0 Å². The molecule has 88 valence electrons. The van der Waals surface area contributed by atoms with Gasteiger partial charge in [0.15, 0.2) is 0 Å². The molecule has 0 saturated carbocycles. The van der Waals surface area contributed by atoms with Crippen molar-refractivity contribution in [2.75, 3.05) is 21.3 Å². The van der Waals surface area contributed by atoms with Crippen LogP contribution in [0.25, 0.3) is 0 Å². The van der Waals surface area contributed by atoms with Crippen LogP contribution in [0.4, 0.5) is 22.7 Å². The molecular formula is C12H10N6. The molecular weight excluding hydrogens is 228 g/mol. The minimum absolute atomic E-state index is 0.884. The Morgan fingerprint density at radius 1 is 0.611 bits per heavy atom. The topological polar surface area (TPSA) is 73.9 Å². The second-order valence-corrected chi connectivity index (χ2v) is 4.09. The van der Waals surface area contributed by atoms with Crippen molar-refractivity contribution in [2.24, 2.45) is 0 Å². The zero-order valence-corrected chi connectivity index (χ0v) is 9.36. The summed E-state index contributed by atoms with van der Waals surface area (Å²) < 4.78 is 0. The van der Waals surface area contributed by atoms with Gasteiger partial charge in [0.2, 0.25) is 0 Å². The highest BCUT2D eigenvalue weighted by Gasteiger charge is 2.22. The average molecular weight is 238 g/mol. The standard InChI is InChI=1S/C12H10N6/c1-3-13-5-9-7(1)15-11(17-9)12-16-8-2-4-14-6-10(8)18-12/h1-6,15-18H/b12-11+. The van der Waals surface area contributed by atoms with Crippen LogP contribution < -0.4 is 21.3 Å². The van der Waals surface area contributed by atoms with Crippen LogP contribution in [0.1, 0.15) is 0 Å². The smallest absolute Gasteiger partial charge is 0.150 e. The Kier molecular flexibility index (Phi) is 1.74. The first kappa shape index (κ1) is 9.29. The summed E-state index contributed by atoms with van der Waals surface area (Å²) in [6.07, 6.45) is 7.10. The summed E-state index contributed by atoms with van der Waals surface area (Å²) in [5, 5.41) is 13.1. The fourth-order valence-electron chi connectivity index (χ4n) is 2.06. The summed E-state index contributed by atoms with van der Waals surface area (Å²) in [6.45, 7) is 0. The van der Waals surface area contributed by atoms with Gasteiger partial charge in [-0.3, -0.25) is 9.97 Å². The van der Waals surface area contributed by atoms with Crippen molar-refractivity contribution in [3.05, 3.63) is 48.6 Å². The maximum Gasteiger partial charge on any atom is 0.150 e. The van der Waals surface area contributed by atoms with Crippen LogP contribution in [-0.2, 0) is 0 Å². The summed E-state index contributed by atoms with van der Waals surface area (Å²) in [4.78, 5) is 8.16. The average Bonchev–Trinajstić information content (AvgIpc) is 3.02. The fourth-order valence-corrected chi connectivity index (χ4v) is 2.06. The molecule has 4 rings (SSSR count). The van der Waals surface area contributed by atoms with Crippen LogP contribution in [-0.4, -0.2) is 9.97 Å². The first-order chi connectivity index (χ1) is 8.90. The summed E-state index contributed by atoms with van der Waals surface area (Å²) in [6, 6.07) is 3.86. The van der Waals surface area contributed by atoms with Gasteiger partial charge in [0.25, 0.3) is 0 Å². The lowest BCUT2D eigenvalue weighted by Crippen LogP contribution is -2.12. The van der Waals surface area contributed by atoms with E-state index < -0.39 is 0 Å². The Labute approximate surface area is 103 Å². The molecule has 0 radical (unpaired) electrons. The number of hydrogen-bond donors (Lipinski definition) is 4. The summed E-state index contributed by atoms with van der Waals surface area (Å²) in [5.74, 6) is 1.77. The van der Waals surface area contributed by atoms with Crippen molar-refractivity contribution in [1.29, 1.82) is 0 Å². The molecule has 2 aliphatic rings. The molecule has 6 heteroatoms. The molecule has 18 heavy (non-hydrogen) atoms. The van der Waals surface area contributed by atoms with E-state index in [1.54, 1.807) is 24.8 Å². The Hall–Kier alpha value is -2.76. The third-order valence-corrected chi connectivity index (χ3v) is 2.93. The number of hydrogen-bond acceptors (Lipinski definition) is 6. The second kappa shape index (κ2) is 3.36. The number of aromatic nitrogens is 2. The number of rotatable bonds is 0. The van der Waals surface area contributed by atoms with Crippen LogP contribution in [0.15, 0.2) is 48.6 Å². The van der Waals surface area contributed by atoms with E-state index in [-0.39, 0.29) is 0 Å². The van der Waals surface area contributed by atoms with Crippen LogP contribution in [0.3, 0.4) is 0 Å². The summed E-state index contributed by atoms with van der Waals surface area (Å²) >= 11 is 0. The number of nitrogens with zero attached hydrogens (tertiary/aromatic N) is 2. The molecule has 2 aromatic heterocycles. The third kappa shape index (κ3) is 1.29. The highest BCUT2D eigenvalue weighted by molar-refractivity contribution is 5.84. The van der Waals surface area contributed by atoms with Crippen molar-refractivity contribution in [1.82, 2.24) is 9.97 Å². The summed E-state index contributed by atoms with van der Waals surface area (Å²) in [5.41, 5.74) is 3.98. The first-order valence-electron chi connectivity index (χ1n) is 5.60. The molecule has 2 aliphatic heterocycles. The molecule has 0 atom stereocenters. The number of fused-ring (bicyclic) bond motifs is 2. The Bertz CT molecular complexity index is 552. The van der Waals surface area contributed by atoms with Gasteiger partial charge in [-0.05, 0) is 12.1 Å². The SMILES string of the molecule is c1cc2c(cn1)N/C(=C1\Nc3ccncc3N1)N2. The van der Waals surface area contributed by atoms with E-state index in [4.69, 9.17) is 0 Å². The minimum Gasteiger partial charge on any atom is -0.337 e. The Balaban J connectivity index is 1.70. The van der Waals surface area contributed by atoms with E-state index in [2.05, 4.69) is 31.2 Å². The highest BCUT2D eigenvalue weighted by atomic mass is 15.3. The van der Waals surface area contributed by atoms with E-state index >= 15 is 0 Å². The fraction of sp³-hybridized carbons (Fsp3) is 0. The molecule has 2 aromatic rings. The van der Waals surface area contributed by atoms with Crippen LogP contribution in [0, 0.1) is 0 Å². The van der Waals surface area contributed by atoms with Gasteiger partial charge in [-0.2, -0.15) is 0 Å². The molecule has 4 N–H and O–H groups in total. The zero-order chi connectivity index (χ0) is 11.9. The van der Waals surface area contributed by atoms with Crippen LogP contribution in [0.5, 0.6) is 0 Å². The molecule has 0 aliphatic carbocycles. The predicted octanol–water partition coefficient (Wildman–Crippen LogP) is 1.98. The van der Waals surface area contributed by atoms with Gasteiger partial charge < -0.3 is 21.3 Å². The van der Waals surface area contributed by atoms with Gasteiger partial charge >= 0.3 is 0 Å². The molecule has 0 saturated heterocycles. The van der Waals surface area contributed by atoms with Gasteiger partial charge in [0.1, 0.15) is 11.6 Å². The number of pyridine rings is 2. The minimum atomic E-state index is 0.884. The summed E-state index contributed by atoms with van der Waals surface area (Å²) in [7, 11) is 0. The maximum absolute atomic E-state index is 4.08. The lowest BCUT2D eigenvalue weighted by atomic mass is 10.4. The molecule has 6 nitrogen and oxygen atoms in total. The van der Waals surface area contributed by atoms with Crippen molar-refractivity contribution in [2.45, 2.75) is 0 Å². The Morgan fingerprint density at radius 3 is 1.50 bits per heavy atom. The van der Waals surface area contributed by atoms with Crippen molar-refractivity contribution >= 4 is 22.7 Å². The number of nitrogens with one attached hydrogen (secondary N) is 4. The van der Waals surface area contributed by atoms with E-state index in [0.717, 1.165) is 34.4 Å². The monoisotopic (exact) mass is 238 g/mol. The quantitative estimate of drug-likeness (QED) is 0.562. The van der Waals surface area contributed by atoms with Gasteiger partial charge in [-0.15, -0.1) is 0 Å². The number of anilines is 4. The third-order valence-electron chi connectivity index (χ3n) is 2.93. The molecule has 4 heterocycles. The second-order valence-electron chi connectivity index (χ2n) is 4.09. The maximum atomic E-state index is 4.08. The van der Waals surface area contributed by atoms with Gasteiger partial charge in [0.05, 0.1) is 35.1 Å². The first-order valence-corrected chi connectivity index (χ1v) is 5.60. The van der Waals surface area contributed by atoms with E-state index in [9.17, 15) is 0 Å². The highest BCUT2D eigenvalue weighted by Crippen LogP contribution is 2.34. The Morgan fingerprint density at radius 2 is 1.06 bits per heavy atom. The van der Waals surface area contributed by atoms with E-state index in [1.165, 1.54) is 0 Å². The molecule has 0 bridgehead atoms. The van der Waals surface area contributed by atoms with Crippen LogP contribution in [0.2, 0.25) is 0 Å². The molecule has 0 amide bonds. The zero-order valence-electron chi connectivity index (χ0n) is 9.36. The van der Waals surface area contributed by atoms with Crippen molar-refractivity contribution in [3.63, 3.8) is 0 Å². The van der Waals surface area contributed by atoms with Gasteiger partial charge in [-0.1, -0.05) is 0 Å². The lowest BCUT2D eigenvalue weighted by Gasteiger charge is -2.06. The van der Waals surface area contributed by atoms with E-state index in [1.807, 2.05) is 12.1 Å². The largest absolute Gasteiger partial charge is 0.337 e. The van der Waals surface area contributed by atoms with Gasteiger partial charge in [0, 0.05) is 12.4 Å². The van der Waals surface area contributed by atoms with Crippen molar-refractivity contribution < 1.29 is 0 Å². The van der Waals surface area contributed by atoms with Gasteiger partial charge in [-0.25, -0.2) is 0 Å². The molecule has 0 spiro atoms. The van der Waals surface area contributed by atoms with Crippen molar-refractivity contribution in [3.8, 4) is 0 Å². The predicted molar refractivity (Wildman–Crippen MR) is 70.0 cm³/mol. The molecule has 0 fully saturated rings. The normalized spacial score (nSPS) is 19.1. The lowest BCUT2D eigenvalue weighted by molar-refractivity contribution is 1.32. The molecule has 0 aromatic carbocycles. The molecule has 0 unspecified atom stereocenters. The van der Waals surface area contributed by atoms with E-state index in [0.29, 0.717) is 0 Å².